The first-order chi connectivity index (χ1) is 11.5. The molecule has 3 rings (SSSR count). The van der Waals surface area contributed by atoms with E-state index in [1.165, 1.54) is 24.2 Å². The van der Waals surface area contributed by atoms with Crippen molar-refractivity contribution in [3.05, 3.63) is 33.7 Å². The van der Waals surface area contributed by atoms with Gasteiger partial charge in [0.15, 0.2) is 11.5 Å². The van der Waals surface area contributed by atoms with Crippen molar-refractivity contribution in [3.8, 4) is 0 Å². The number of rotatable bonds is 6. The SMILES string of the molecule is CC(C)C(=O)C1=C(O)C(=O)N(CCN2CCCC2)C1c1cccs1. The zero-order valence-electron chi connectivity index (χ0n) is 14.2. The van der Waals surface area contributed by atoms with E-state index in [1.54, 1.807) is 18.7 Å². The van der Waals surface area contributed by atoms with E-state index in [0.717, 1.165) is 24.5 Å². The molecule has 0 saturated carbocycles. The van der Waals surface area contributed by atoms with E-state index in [9.17, 15) is 14.7 Å². The number of hydrogen-bond acceptors (Lipinski definition) is 5. The van der Waals surface area contributed by atoms with E-state index in [4.69, 9.17) is 0 Å². The zero-order valence-corrected chi connectivity index (χ0v) is 15.0. The Balaban J connectivity index is 1.87. The van der Waals surface area contributed by atoms with Crippen molar-refractivity contribution in [2.24, 2.45) is 5.92 Å². The van der Waals surface area contributed by atoms with Crippen LogP contribution in [0.15, 0.2) is 28.8 Å². The number of nitrogens with zero attached hydrogens (tertiary/aromatic N) is 2. The van der Waals surface area contributed by atoms with Crippen LogP contribution in [0.3, 0.4) is 0 Å². The summed E-state index contributed by atoms with van der Waals surface area (Å²) in [5.74, 6) is -1.19. The molecule has 0 aromatic carbocycles. The lowest BCUT2D eigenvalue weighted by molar-refractivity contribution is -0.129. The molecule has 1 atom stereocenters. The largest absolute Gasteiger partial charge is 0.503 e. The molecule has 24 heavy (non-hydrogen) atoms. The molecule has 2 aliphatic rings. The third-order valence-electron chi connectivity index (χ3n) is 4.76. The van der Waals surface area contributed by atoms with Gasteiger partial charge in [0.1, 0.15) is 0 Å². The molecule has 0 radical (unpaired) electrons. The van der Waals surface area contributed by atoms with E-state index in [1.807, 2.05) is 17.5 Å². The quantitative estimate of drug-likeness (QED) is 0.859. The summed E-state index contributed by atoms with van der Waals surface area (Å²) in [5, 5.41) is 12.3. The Hall–Kier alpha value is -1.66. The van der Waals surface area contributed by atoms with Crippen molar-refractivity contribution in [1.29, 1.82) is 0 Å². The van der Waals surface area contributed by atoms with Crippen LogP contribution in [0.1, 0.15) is 37.6 Å². The van der Waals surface area contributed by atoms with Gasteiger partial charge in [-0.3, -0.25) is 9.59 Å². The average molecular weight is 348 g/mol. The molecule has 1 fully saturated rings. The first-order valence-electron chi connectivity index (χ1n) is 8.54. The fourth-order valence-corrected chi connectivity index (χ4v) is 4.29. The summed E-state index contributed by atoms with van der Waals surface area (Å²) in [7, 11) is 0. The molecule has 1 N–H and O–H groups in total. The topological polar surface area (TPSA) is 60.9 Å². The number of aliphatic hydroxyl groups excluding tert-OH is 1. The van der Waals surface area contributed by atoms with Gasteiger partial charge in [-0.25, -0.2) is 0 Å². The zero-order chi connectivity index (χ0) is 17.3. The minimum Gasteiger partial charge on any atom is -0.503 e. The van der Waals surface area contributed by atoms with Gasteiger partial charge >= 0.3 is 0 Å². The molecular formula is C18H24N2O3S. The summed E-state index contributed by atoms with van der Waals surface area (Å²) in [6.45, 7) is 7.02. The van der Waals surface area contributed by atoms with Crippen LogP contribution in [0, 0.1) is 5.92 Å². The maximum atomic E-state index is 12.6. The standard InChI is InChI=1S/C18H24N2O3S/c1-12(2)16(21)14-15(13-6-5-11-24-13)20(18(23)17(14)22)10-9-19-7-3-4-8-19/h5-6,11-12,15,22H,3-4,7-10H2,1-2H3. The van der Waals surface area contributed by atoms with Gasteiger partial charge in [0.2, 0.25) is 0 Å². The van der Waals surface area contributed by atoms with Crippen molar-refractivity contribution in [2.75, 3.05) is 26.2 Å². The molecule has 1 unspecified atom stereocenters. The second kappa shape index (κ2) is 7.07. The van der Waals surface area contributed by atoms with Crippen LogP contribution < -0.4 is 0 Å². The molecule has 0 spiro atoms. The maximum Gasteiger partial charge on any atom is 0.290 e. The van der Waals surface area contributed by atoms with Crippen LogP contribution in [0.2, 0.25) is 0 Å². The highest BCUT2D eigenvalue weighted by Gasteiger charge is 2.44. The normalized spacial score (nSPS) is 22.2. The third-order valence-corrected chi connectivity index (χ3v) is 5.69. The Morgan fingerprint density at radius 1 is 1.33 bits per heavy atom. The highest BCUT2D eigenvalue weighted by atomic mass is 32.1. The fourth-order valence-electron chi connectivity index (χ4n) is 3.45. The number of hydrogen-bond donors (Lipinski definition) is 1. The Morgan fingerprint density at radius 3 is 2.62 bits per heavy atom. The van der Waals surface area contributed by atoms with Gasteiger partial charge in [-0.2, -0.15) is 0 Å². The molecule has 130 valence electrons. The highest BCUT2D eigenvalue weighted by Crippen LogP contribution is 2.40. The molecule has 1 amide bonds. The lowest BCUT2D eigenvalue weighted by atomic mass is 9.95. The van der Waals surface area contributed by atoms with Crippen LogP contribution >= 0.6 is 11.3 Å². The van der Waals surface area contributed by atoms with Gasteiger partial charge in [0, 0.05) is 23.9 Å². The van der Waals surface area contributed by atoms with E-state index >= 15 is 0 Å². The predicted octanol–water partition coefficient (Wildman–Crippen LogP) is 2.76. The van der Waals surface area contributed by atoms with Gasteiger partial charge in [-0.1, -0.05) is 19.9 Å². The van der Waals surface area contributed by atoms with Gasteiger partial charge in [0.05, 0.1) is 11.6 Å². The van der Waals surface area contributed by atoms with E-state index in [-0.39, 0.29) is 23.0 Å². The maximum absolute atomic E-state index is 12.6. The molecule has 5 nitrogen and oxygen atoms in total. The summed E-state index contributed by atoms with van der Waals surface area (Å²) in [5.41, 5.74) is 0.263. The lowest BCUT2D eigenvalue weighted by Crippen LogP contribution is -2.37. The second-order valence-electron chi connectivity index (χ2n) is 6.75. The third kappa shape index (κ3) is 3.13. The summed E-state index contributed by atoms with van der Waals surface area (Å²) in [6.07, 6.45) is 2.39. The molecule has 3 heterocycles. The number of amides is 1. The van der Waals surface area contributed by atoms with Gasteiger partial charge in [-0.15, -0.1) is 11.3 Å². The monoisotopic (exact) mass is 348 g/mol. The second-order valence-corrected chi connectivity index (χ2v) is 7.73. The Labute approximate surface area is 146 Å². The molecule has 1 saturated heterocycles. The smallest absolute Gasteiger partial charge is 0.290 e. The fraction of sp³-hybridized carbons (Fsp3) is 0.556. The number of carbonyl (C=O) groups excluding carboxylic acids is 2. The molecule has 2 aliphatic heterocycles. The molecular weight excluding hydrogens is 324 g/mol. The van der Waals surface area contributed by atoms with E-state index in [2.05, 4.69) is 4.90 Å². The van der Waals surface area contributed by atoms with Gasteiger partial charge in [-0.05, 0) is 37.4 Å². The molecule has 0 aliphatic carbocycles. The van der Waals surface area contributed by atoms with Crippen molar-refractivity contribution in [1.82, 2.24) is 9.80 Å². The average Bonchev–Trinajstić information content (AvgIpc) is 3.28. The van der Waals surface area contributed by atoms with Crippen molar-refractivity contribution in [2.45, 2.75) is 32.7 Å². The minimum absolute atomic E-state index is 0.150. The van der Waals surface area contributed by atoms with Crippen LogP contribution in [0.4, 0.5) is 0 Å². The van der Waals surface area contributed by atoms with Gasteiger partial charge < -0.3 is 14.9 Å². The van der Waals surface area contributed by atoms with E-state index in [0.29, 0.717) is 6.54 Å². The number of aliphatic hydroxyl groups is 1. The van der Waals surface area contributed by atoms with Crippen molar-refractivity contribution < 1.29 is 14.7 Å². The molecule has 1 aromatic heterocycles. The summed E-state index contributed by atoms with van der Waals surface area (Å²) in [6, 6.07) is 3.39. The van der Waals surface area contributed by atoms with Crippen LogP contribution in [-0.2, 0) is 9.59 Å². The summed E-state index contributed by atoms with van der Waals surface area (Å²) < 4.78 is 0. The first kappa shape index (κ1) is 17.2. The van der Waals surface area contributed by atoms with Crippen molar-refractivity contribution >= 4 is 23.0 Å². The van der Waals surface area contributed by atoms with Crippen LogP contribution in [-0.4, -0.2) is 52.8 Å². The molecule has 0 bridgehead atoms. The lowest BCUT2D eigenvalue weighted by Gasteiger charge is -2.28. The molecule has 6 heteroatoms. The van der Waals surface area contributed by atoms with Crippen LogP contribution in [0.5, 0.6) is 0 Å². The highest BCUT2D eigenvalue weighted by molar-refractivity contribution is 7.10. The Kier molecular flexibility index (Phi) is 5.06. The number of likely N-dealkylation sites (tertiary alicyclic amines) is 1. The number of ketones is 1. The predicted molar refractivity (Wildman–Crippen MR) is 93.9 cm³/mol. The first-order valence-corrected chi connectivity index (χ1v) is 9.42. The summed E-state index contributed by atoms with van der Waals surface area (Å²) >= 11 is 1.51. The molecule has 1 aromatic rings. The van der Waals surface area contributed by atoms with Gasteiger partial charge in [0.25, 0.3) is 5.91 Å². The summed E-state index contributed by atoms with van der Waals surface area (Å²) in [4.78, 5) is 30.1. The Bertz CT molecular complexity index is 645. The number of thiophene rings is 1. The minimum atomic E-state index is -0.449. The van der Waals surface area contributed by atoms with E-state index < -0.39 is 11.9 Å². The Morgan fingerprint density at radius 2 is 2.04 bits per heavy atom. The van der Waals surface area contributed by atoms with Crippen molar-refractivity contribution in [3.63, 3.8) is 0 Å². The van der Waals surface area contributed by atoms with Crippen LogP contribution in [0.25, 0.3) is 0 Å². The number of carbonyl (C=O) groups is 2. The number of Topliss-reactive ketones (excluding diaryl/α,β-unsaturated/α-hetero) is 1.